The molecular formula is C22H28N2O5. The third-order valence-corrected chi connectivity index (χ3v) is 7.05. The van der Waals surface area contributed by atoms with Crippen LogP contribution in [-0.4, -0.2) is 55.2 Å². The van der Waals surface area contributed by atoms with Crippen molar-refractivity contribution in [3.8, 4) is 5.75 Å². The van der Waals surface area contributed by atoms with Crippen LogP contribution in [0.3, 0.4) is 0 Å². The zero-order valence-electron chi connectivity index (χ0n) is 17.1. The van der Waals surface area contributed by atoms with Gasteiger partial charge in [0.2, 0.25) is 5.91 Å². The number of benzene rings is 1. The minimum atomic E-state index is -0.800. The van der Waals surface area contributed by atoms with Gasteiger partial charge in [-0.1, -0.05) is 19.4 Å². The Balaban J connectivity index is 1.77. The number of fused-ring (bicyclic) bond motifs is 4. The second kappa shape index (κ2) is 7.37. The van der Waals surface area contributed by atoms with Crippen molar-refractivity contribution in [2.75, 3.05) is 32.6 Å². The number of hydrogen-bond acceptors (Lipinski definition) is 6. The molecule has 0 bridgehead atoms. The first kappa shape index (κ1) is 19.8. The van der Waals surface area contributed by atoms with E-state index in [1.807, 2.05) is 6.07 Å². The van der Waals surface area contributed by atoms with Gasteiger partial charge in [0.25, 0.3) is 0 Å². The largest absolute Gasteiger partial charge is 0.508 e. The summed E-state index contributed by atoms with van der Waals surface area (Å²) in [5.74, 6) is -0.125. The van der Waals surface area contributed by atoms with Crippen molar-refractivity contribution in [3.63, 3.8) is 0 Å². The lowest BCUT2D eigenvalue weighted by Crippen LogP contribution is -2.53. The van der Waals surface area contributed by atoms with E-state index in [0.29, 0.717) is 29.7 Å². The van der Waals surface area contributed by atoms with E-state index in [1.54, 1.807) is 12.1 Å². The van der Waals surface area contributed by atoms with Crippen molar-refractivity contribution >= 4 is 17.6 Å². The first-order chi connectivity index (χ1) is 14.0. The maximum Gasteiger partial charge on any atom is 0.337 e. The number of anilines is 1. The van der Waals surface area contributed by atoms with Gasteiger partial charge in [-0.05, 0) is 43.4 Å². The van der Waals surface area contributed by atoms with Crippen molar-refractivity contribution in [3.05, 3.63) is 35.6 Å². The van der Waals surface area contributed by atoms with E-state index >= 15 is 0 Å². The minimum absolute atomic E-state index is 0.0643. The Bertz CT molecular complexity index is 867. The fraction of sp³-hybridized carbons (Fsp3) is 0.545. The molecule has 0 saturated carbocycles. The van der Waals surface area contributed by atoms with Gasteiger partial charge in [0, 0.05) is 23.8 Å². The highest BCUT2D eigenvalue weighted by atomic mass is 16.5. The predicted molar refractivity (Wildman–Crippen MR) is 107 cm³/mol. The van der Waals surface area contributed by atoms with Crippen molar-refractivity contribution in [2.45, 2.75) is 37.6 Å². The summed E-state index contributed by atoms with van der Waals surface area (Å²) in [5, 5.41) is 13.6. The zero-order valence-corrected chi connectivity index (χ0v) is 17.1. The molecule has 2 N–H and O–H groups in total. The molecule has 1 spiro atoms. The Hall–Kier alpha value is -2.54. The minimum Gasteiger partial charge on any atom is -0.508 e. The standard InChI is InChI=1S/C22H28N2O5/c1-4-13-11-24-9-8-22(19-16(23-21(22)27)6-5-7-17(19)25)18(24)10-14(13)15(12-28-2)20(26)29-3/h5-7,12-14,18,25H,4,8-11H2,1-3H3,(H,23,27)/b15-12-/t13-,14+,18-,22+/m1/s1. The van der Waals surface area contributed by atoms with Crippen LogP contribution in [0.1, 0.15) is 31.7 Å². The highest BCUT2D eigenvalue weighted by molar-refractivity contribution is 6.08. The lowest BCUT2D eigenvalue weighted by Gasteiger charge is -2.45. The highest BCUT2D eigenvalue weighted by Crippen LogP contribution is 2.55. The fourth-order valence-corrected chi connectivity index (χ4v) is 5.73. The van der Waals surface area contributed by atoms with Gasteiger partial charge in [0.1, 0.15) is 5.75 Å². The maximum absolute atomic E-state index is 13.2. The lowest BCUT2D eigenvalue weighted by molar-refractivity contribution is -0.137. The summed E-state index contributed by atoms with van der Waals surface area (Å²) in [6.07, 6.45) is 3.67. The van der Waals surface area contributed by atoms with E-state index in [0.717, 1.165) is 19.5 Å². The number of amides is 1. The second-order valence-electron chi connectivity index (χ2n) is 8.20. The van der Waals surface area contributed by atoms with E-state index in [-0.39, 0.29) is 29.5 Å². The normalized spacial score (nSPS) is 31.3. The molecule has 2 fully saturated rings. The number of carbonyl (C=O) groups is 2. The number of nitrogens with zero attached hydrogens (tertiary/aromatic N) is 1. The SMILES string of the molecule is CC[C@@H]1CN2CC[C@]3(C(=O)Nc4cccc(O)c43)[C@H]2C[C@@H]1/C(=C/OC)C(=O)OC. The smallest absolute Gasteiger partial charge is 0.337 e. The number of nitrogens with one attached hydrogen (secondary N) is 1. The van der Waals surface area contributed by atoms with Gasteiger partial charge in [0.05, 0.1) is 31.5 Å². The van der Waals surface area contributed by atoms with Gasteiger partial charge in [0.15, 0.2) is 0 Å². The Morgan fingerprint density at radius 2 is 2.21 bits per heavy atom. The Morgan fingerprint density at radius 1 is 1.41 bits per heavy atom. The molecule has 1 amide bonds. The fourth-order valence-electron chi connectivity index (χ4n) is 5.73. The molecule has 0 aromatic heterocycles. The van der Waals surface area contributed by atoms with Gasteiger partial charge < -0.3 is 19.9 Å². The van der Waals surface area contributed by atoms with Crippen LogP contribution in [0.25, 0.3) is 0 Å². The summed E-state index contributed by atoms with van der Waals surface area (Å²) in [4.78, 5) is 28.1. The van der Waals surface area contributed by atoms with E-state index in [2.05, 4.69) is 17.1 Å². The maximum atomic E-state index is 13.2. The summed E-state index contributed by atoms with van der Waals surface area (Å²) in [6, 6.07) is 5.12. The van der Waals surface area contributed by atoms with Crippen molar-refractivity contribution < 1.29 is 24.2 Å². The molecule has 3 aliphatic heterocycles. The van der Waals surface area contributed by atoms with Gasteiger partial charge in [-0.2, -0.15) is 0 Å². The predicted octanol–water partition coefficient (Wildman–Crippen LogP) is 2.41. The first-order valence-corrected chi connectivity index (χ1v) is 10.2. The van der Waals surface area contributed by atoms with Crippen LogP contribution in [0.2, 0.25) is 0 Å². The Kier molecular flexibility index (Phi) is 5.02. The van der Waals surface area contributed by atoms with Gasteiger partial charge in [-0.15, -0.1) is 0 Å². The molecule has 0 radical (unpaired) electrons. The number of hydrogen-bond donors (Lipinski definition) is 2. The summed E-state index contributed by atoms with van der Waals surface area (Å²) in [7, 11) is 2.90. The number of esters is 1. The van der Waals surface area contributed by atoms with Crippen molar-refractivity contribution in [1.82, 2.24) is 4.90 Å². The van der Waals surface area contributed by atoms with E-state index in [1.165, 1.54) is 20.5 Å². The second-order valence-corrected chi connectivity index (χ2v) is 8.20. The lowest BCUT2D eigenvalue weighted by atomic mass is 9.67. The zero-order chi connectivity index (χ0) is 20.8. The van der Waals surface area contributed by atoms with Crippen molar-refractivity contribution in [2.24, 2.45) is 11.8 Å². The van der Waals surface area contributed by atoms with E-state index < -0.39 is 11.4 Å². The summed E-state index contributed by atoms with van der Waals surface area (Å²) in [6.45, 7) is 3.70. The third-order valence-electron chi connectivity index (χ3n) is 7.05. The number of phenolic OH excluding ortho intramolecular Hbond substituents is 1. The van der Waals surface area contributed by atoms with Crippen LogP contribution in [0.4, 0.5) is 5.69 Å². The molecule has 2 saturated heterocycles. The number of piperidine rings is 1. The molecule has 3 aliphatic rings. The quantitative estimate of drug-likeness (QED) is 0.458. The number of methoxy groups -OCH3 is 2. The molecule has 1 aromatic carbocycles. The number of carbonyl (C=O) groups excluding carboxylic acids is 2. The molecule has 4 rings (SSSR count). The van der Waals surface area contributed by atoms with Crippen LogP contribution < -0.4 is 5.32 Å². The number of rotatable bonds is 4. The topological polar surface area (TPSA) is 88.1 Å². The van der Waals surface area contributed by atoms with Crippen LogP contribution in [0.5, 0.6) is 5.75 Å². The monoisotopic (exact) mass is 400 g/mol. The first-order valence-electron chi connectivity index (χ1n) is 10.2. The molecule has 7 nitrogen and oxygen atoms in total. The summed E-state index contributed by atoms with van der Waals surface area (Å²) < 4.78 is 10.2. The number of phenols is 1. The Morgan fingerprint density at radius 3 is 2.90 bits per heavy atom. The van der Waals surface area contributed by atoms with Crippen LogP contribution in [0, 0.1) is 11.8 Å². The summed E-state index contributed by atoms with van der Waals surface area (Å²) >= 11 is 0. The van der Waals surface area contributed by atoms with Gasteiger partial charge in [-0.3, -0.25) is 9.69 Å². The molecule has 29 heavy (non-hydrogen) atoms. The number of aromatic hydroxyl groups is 1. The molecule has 4 atom stereocenters. The third kappa shape index (κ3) is 2.82. The molecule has 0 aliphatic carbocycles. The highest BCUT2D eigenvalue weighted by Gasteiger charge is 2.61. The van der Waals surface area contributed by atoms with Gasteiger partial charge >= 0.3 is 5.97 Å². The average Bonchev–Trinajstić information content (AvgIpc) is 3.24. The average molecular weight is 400 g/mol. The van der Waals surface area contributed by atoms with Crippen LogP contribution in [-0.2, 0) is 24.5 Å². The van der Waals surface area contributed by atoms with E-state index in [4.69, 9.17) is 9.47 Å². The Labute approximate surface area is 170 Å². The molecule has 7 heteroatoms. The molecule has 156 valence electrons. The molecule has 0 unspecified atom stereocenters. The molecule has 3 heterocycles. The summed E-state index contributed by atoms with van der Waals surface area (Å²) in [5.41, 5.74) is 1.10. The number of ether oxygens (including phenoxy) is 2. The van der Waals surface area contributed by atoms with Gasteiger partial charge in [-0.25, -0.2) is 4.79 Å². The molecular weight excluding hydrogens is 372 g/mol. The van der Waals surface area contributed by atoms with Crippen LogP contribution in [0.15, 0.2) is 30.0 Å². The molecule has 1 aromatic rings. The van der Waals surface area contributed by atoms with Crippen molar-refractivity contribution in [1.29, 1.82) is 0 Å². The van der Waals surface area contributed by atoms with E-state index in [9.17, 15) is 14.7 Å². The van der Waals surface area contributed by atoms with Crippen LogP contribution >= 0.6 is 0 Å².